The Hall–Kier alpha value is -1.81. The van der Waals surface area contributed by atoms with Gasteiger partial charge in [0.1, 0.15) is 12.7 Å². The SMILES string of the molecule is CCCCC/C=C/C/C=C/CCCCCCCCCC(=O)O[C@H](COC(=O)CCCC/C=C/CCCCCCCCCCC)COP(=O)(O)OC[C@@H](O)CO. The highest BCUT2D eigenvalue weighted by molar-refractivity contribution is 7.47. The van der Waals surface area contributed by atoms with Crippen molar-refractivity contribution in [1.82, 2.24) is 0 Å². The van der Waals surface area contributed by atoms with Gasteiger partial charge in [-0.05, 0) is 70.6 Å². The van der Waals surface area contributed by atoms with E-state index in [-0.39, 0.29) is 19.4 Å². The molecule has 55 heavy (non-hydrogen) atoms. The first-order valence-electron chi connectivity index (χ1n) is 21.9. The summed E-state index contributed by atoms with van der Waals surface area (Å²) < 4.78 is 32.7. The second kappa shape index (κ2) is 40.4. The zero-order valence-electron chi connectivity index (χ0n) is 34.9. The van der Waals surface area contributed by atoms with Gasteiger partial charge in [-0.15, -0.1) is 0 Å². The maximum Gasteiger partial charge on any atom is 0.472 e. The molecule has 0 heterocycles. The molecule has 0 rings (SSSR count). The van der Waals surface area contributed by atoms with Crippen LogP contribution in [0.4, 0.5) is 0 Å². The molecule has 0 aliphatic heterocycles. The molecule has 0 fully saturated rings. The van der Waals surface area contributed by atoms with Crippen molar-refractivity contribution in [3.05, 3.63) is 36.5 Å². The van der Waals surface area contributed by atoms with Crippen LogP contribution in [0.25, 0.3) is 0 Å². The number of carbonyl (C=O) groups is 2. The molecule has 0 bridgehead atoms. The molecule has 3 atom stereocenters. The number of rotatable bonds is 41. The first-order chi connectivity index (χ1) is 26.7. The monoisotopic (exact) mass is 801 g/mol. The third-order valence-corrected chi connectivity index (χ3v) is 10.2. The van der Waals surface area contributed by atoms with E-state index in [4.69, 9.17) is 19.1 Å². The van der Waals surface area contributed by atoms with Gasteiger partial charge < -0.3 is 24.6 Å². The Balaban J connectivity index is 4.33. The lowest BCUT2D eigenvalue weighted by atomic mass is 10.1. The number of unbranched alkanes of at least 4 members (excludes halogenated alkanes) is 21. The van der Waals surface area contributed by atoms with Crippen LogP contribution in [0.3, 0.4) is 0 Å². The highest BCUT2D eigenvalue weighted by atomic mass is 31.2. The van der Waals surface area contributed by atoms with Crippen molar-refractivity contribution in [2.24, 2.45) is 0 Å². The zero-order chi connectivity index (χ0) is 40.5. The topological polar surface area (TPSA) is 149 Å². The number of carbonyl (C=O) groups excluding carboxylic acids is 2. The largest absolute Gasteiger partial charge is 0.472 e. The fourth-order valence-electron chi connectivity index (χ4n) is 5.84. The molecule has 322 valence electrons. The number of esters is 2. The summed E-state index contributed by atoms with van der Waals surface area (Å²) in [4.78, 5) is 35.0. The Labute approximate surface area is 335 Å². The summed E-state index contributed by atoms with van der Waals surface area (Å²) >= 11 is 0. The molecule has 0 aromatic heterocycles. The van der Waals surface area contributed by atoms with Gasteiger partial charge in [-0.3, -0.25) is 18.6 Å². The van der Waals surface area contributed by atoms with Crippen molar-refractivity contribution in [2.45, 2.75) is 206 Å². The van der Waals surface area contributed by atoms with Crippen LogP contribution in [-0.4, -0.2) is 65.7 Å². The molecule has 10 nitrogen and oxygen atoms in total. The van der Waals surface area contributed by atoms with Gasteiger partial charge in [-0.25, -0.2) is 4.57 Å². The molecule has 0 saturated heterocycles. The Morgan fingerprint density at radius 3 is 1.49 bits per heavy atom. The maximum absolute atomic E-state index is 12.6. The summed E-state index contributed by atoms with van der Waals surface area (Å²) in [5.41, 5.74) is 0. The highest BCUT2D eigenvalue weighted by Gasteiger charge is 2.27. The van der Waals surface area contributed by atoms with Crippen molar-refractivity contribution in [3.8, 4) is 0 Å². The van der Waals surface area contributed by atoms with Gasteiger partial charge >= 0.3 is 19.8 Å². The average molecular weight is 801 g/mol. The first kappa shape index (κ1) is 53.2. The van der Waals surface area contributed by atoms with Gasteiger partial charge in [0.25, 0.3) is 0 Å². The van der Waals surface area contributed by atoms with Gasteiger partial charge in [-0.2, -0.15) is 0 Å². The lowest BCUT2D eigenvalue weighted by Gasteiger charge is -2.20. The van der Waals surface area contributed by atoms with E-state index in [1.807, 2.05) is 0 Å². The van der Waals surface area contributed by atoms with Crippen LogP contribution in [-0.2, 0) is 32.7 Å². The van der Waals surface area contributed by atoms with Gasteiger partial charge in [0.05, 0.1) is 19.8 Å². The van der Waals surface area contributed by atoms with Crippen molar-refractivity contribution < 1.29 is 47.8 Å². The highest BCUT2D eigenvalue weighted by Crippen LogP contribution is 2.43. The van der Waals surface area contributed by atoms with E-state index in [1.165, 1.54) is 96.3 Å². The molecule has 0 saturated carbocycles. The molecule has 0 radical (unpaired) electrons. The van der Waals surface area contributed by atoms with Gasteiger partial charge in [-0.1, -0.05) is 147 Å². The lowest BCUT2D eigenvalue weighted by Crippen LogP contribution is -2.29. The van der Waals surface area contributed by atoms with Crippen LogP contribution in [0.1, 0.15) is 194 Å². The second-order valence-corrected chi connectivity index (χ2v) is 16.2. The van der Waals surface area contributed by atoms with E-state index in [1.54, 1.807) is 0 Å². The number of phosphoric acid groups is 1. The van der Waals surface area contributed by atoms with E-state index in [9.17, 15) is 24.2 Å². The van der Waals surface area contributed by atoms with Crippen LogP contribution in [0, 0.1) is 0 Å². The van der Waals surface area contributed by atoms with E-state index in [0.717, 1.165) is 57.8 Å². The third-order valence-electron chi connectivity index (χ3n) is 9.27. The van der Waals surface area contributed by atoms with Crippen LogP contribution in [0.5, 0.6) is 0 Å². The number of ether oxygens (including phenoxy) is 2. The summed E-state index contributed by atoms with van der Waals surface area (Å²) in [6.07, 6.45) is 41.1. The van der Waals surface area contributed by atoms with E-state index < -0.39 is 51.8 Å². The van der Waals surface area contributed by atoms with Crippen molar-refractivity contribution in [2.75, 3.05) is 26.4 Å². The summed E-state index contributed by atoms with van der Waals surface area (Å²) in [6.45, 7) is 2.33. The Bertz CT molecular complexity index is 1010. The first-order valence-corrected chi connectivity index (χ1v) is 23.4. The number of aliphatic hydroxyl groups excluding tert-OH is 2. The number of allylic oxidation sites excluding steroid dienone is 6. The molecule has 0 aromatic carbocycles. The third kappa shape index (κ3) is 40.2. The van der Waals surface area contributed by atoms with Gasteiger partial charge in [0.2, 0.25) is 0 Å². The second-order valence-electron chi connectivity index (χ2n) is 14.7. The maximum atomic E-state index is 12.6. The van der Waals surface area contributed by atoms with Crippen LogP contribution < -0.4 is 0 Å². The molecule has 0 aliphatic rings. The predicted octanol–water partition coefficient (Wildman–Crippen LogP) is 11.6. The molecule has 0 spiro atoms. The Morgan fingerprint density at radius 1 is 0.545 bits per heavy atom. The van der Waals surface area contributed by atoms with E-state index in [0.29, 0.717) is 12.8 Å². The molecule has 1 unspecified atom stereocenters. The minimum Gasteiger partial charge on any atom is -0.462 e. The fourth-order valence-corrected chi connectivity index (χ4v) is 6.63. The van der Waals surface area contributed by atoms with E-state index >= 15 is 0 Å². The zero-order valence-corrected chi connectivity index (χ0v) is 35.8. The molecule has 0 amide bonds. The minimum absolute atomic E-state index is 0.172. The number of phosphoric ester groups is 1. The quantitative estimate of drug-likeness (QED) is 0.0236. The summed E-state index contributed by atoms with van der Waals surface area (Å²) in [5, 5.41) is 18.3. The van der Waals surface area contributed by atoms with Crippen LogP contribution in [0.2, 0.25) is 0 Å². The summed E-state index contributed by atoms with van der Waals surface area (Å²) in [6, 6.07) is 0. The predicted molar refractivity (Wildman–Crippen MR) is 224 cm³/mol. The molecule has 3 N–H and O–H groups in total. The molecular formula is C44H81O10P. The smallest absolute Gasteiger partial charge is 0.462 e. The van der Waals surface area contributed by atoms with E-state index in [2.05, 4.69) is 54.8 Å². The Morgan fingerprint density at radius 2 is 0.945 bits per heavy atom. The molecule has 0 aliphatic carbocycles. The summed E-state index contributed by atoms with van der Waals surface area (Å²) in [7, 11) is -4.62. The standard InChI is InChI=1S/C44H81O10P/c1-3-5-7-9-11-13-15-17-19-20-22-24-26-28-30-32-34-36-44(48)54-42(40-53-55(49,50)52-38-41(46)37-45)39-51-43(47)35-33-31-29-27-25-23-21-18-16-14-12-10-8-6-4-2/h11,13,17,19,25,27,41-42,45-46H,3-10,12,14-16,18,20-24,26,28-40H2,1-2H3,(H,49,50)/b13-11+,19-17+,27-25+/t41-,42+/m0/s1. The van der Waals surface area contributed by atoms with Gasteiger partial charge in [0.15, 0.2) is 6.10 Å². The number of aliphatic hydroxyl groups is 2. The Kier molecular flexibility index (Phi) is 39.1. The minimum atomic E-state index is -4.62. The molecule has 11 heteroatoms. The summed E-state index contributed by atoms with van der Waals surface area (Å²) in [5.74, 6) is -0.957. The molecule has 0 aromatic rings. The number of hydrogen-bond acceptors (Lipinski definition) is 9. The van der Waals surface area contributed by atoms with Crippen molar-refractivity contribution in [3.63, 3.8) is 0 Å². The van der Waals surface area contributed by atoms with Crippen LogP contribution in [0.15, 0.2) is 36.5 Å². The molecular weight excluding hydrogens is 719 g/mol. The number of hydrogen-bond donors (Lipinski definition) is 3. The normalized spacial score (nSPS) is 14.2. The van der Waals surface area contributed by atoms with Crippen LogP contribution >= 0.6 is 7.82 Å². The lowest BCUT2D eigenvalue weighted by molar-refractivity contribution is -0.161. The van der Waals surface area contributed by atoms with Gasteiger partial charge in [0, 0.05) is 12.8 Å². The van der Waals surface area contributed by atoms with Crippen molar-refractivity contribution >= 4 is 19.8 Å². The fraction of sp³-hybridized carbons (Fsp3) is 0.818. The van der Waals surface area contributed by atoms with Crippen molar-refractivity contribution in [1.29, 1.82) is 0 Å². The average Bonchev–Trinajstić information content (AvgIpc) is 3.17.